The van der Waals surface area contributed by atoms with Crippen LogP contribution in [0.15, 0.2) is 28.8 Å². The van der Waals surface area contributed by atoms with Gasteiger partial charge in [0.25, 0.3) is 5.91 Å². The Hall–Kier alpha value is -1.72. The highest BCUT2D eigenvalue weighted by Gasteiger charge is 2.24. The molecule has 0 saturated carbocycles. The molecular weight excluding hydrogens is 325 g/mol. The van der Waals surface area contributed by atoms with Gasteiger partial charge in [-0.05, 0) is 25.1 Å². The third kappa shape index (κ3) is 3.05. The Labute approximate surface area is 138 Å². The van der Waals surface area contributed by atoms with Gasteiger partial charge in [0.05, 0.1) is 10.0 Å². The highest BCUT2D eigenvalue weighted by atomic mass is 35.5. The first kappa shape index (κ1) is 15.2. The molecule has 1 aliphatic heterocycles. The number of nitrogens with zero attached hydrogens (tertiary/aromatic N) is 3. The van der Waals surface area contributed by atoms with Crippen LogP contribution in [0.2, 0.25) is 10.0 Å². The molecule has 3 rings (SSSR count). The maximum atomic E-state index is 12.3. The number of hydrogen-bond acceptors (Lipinski definition) is 4. The predicted octanol–water partition coefficient (Wildman–Crippen LogP) is 3.25. The van der Waals surface area contributed by atoms with Crippen molar-refractivity contribution in [1.29, 1.82) is 0 Å². The molecule has 1 saturated heterocycles. The Morgan fingerprint density at radius 3 is 2.45 bits per heavy atom. The van der Waals surface area contributed by atoms with Crippen LogP contribution in [0.3, 0.4) is 0 Å². The van der Waals surface area contributed by atoms with Crippen molar-refractivity contribution in [2.24, 2.45) is 0 Å². The zero-order chi connectivity index (χ0) is 15.7. The maximum Gasteiger partial charge on any atom is 0.276 e. The minimum Gasteiger partial charge on any atom is -0.368 e. The lowest BCUT2D eigenvalue weighted by Gasteiger charge is -2.35. The summed E-state index contributed by atoms with van der Waals surface area (Å²) in [6.45, 7) is 4.50. The lowest BCUT2D eigenvalue weighted by Crippen LogP contribution is -2.48. The molecule has 2 heterocycles. The maximum absolute atomic E-state index is 12.3. The molecule has 1 fully saturated rings. The largest absolute Gasteiger partial charge is 0.368 e. The summed E-state index contributed by atoms with van der Waals surface area (Å²) >= 11 is 12.0. The van der Waals surface area contributed by atoms with Crippen LogP contribution in [0.5, 0.6) is 0 Å². The van der Waals surface area contributed by atoms with Gasteiger partial charge in [-0.2, -0.15) is 0 Å². The molecule has 1 aliphatic rings. The zero-order valence-corrected chi connectivity index (χ0v) is 13.6. The number of aromatic nitrogens is 1. The third-order valence-electron chi connectivity index (χ3n) is 3.68. The van der Waals surface area contributed by atoms with Crippen LogP contribution in [-0.2, 0) is 0 Å². The Balaban J connectivity index is 1.64. The molecule has 0 spiro atoms. The fourth-order valence-corrected chi connectivity index (χ4v) is 2.77. The van der Waals surface area contributed by atoms with E-state index in [4.69, 9.17) is 27.7 Å². The van der Waals surface area contributed by atoms with Crippen LogP contribution in [-0.4, -0.2) is 42.1 Å². The first-order chi connectivity index (χ1) is 10.5. The molecule has 0 atom stereocenters. The molecule has 2 aromatic rings. The van der Waals surface area contributed by atoms with Gasteiger partial charge in [0, 0.05) is 37.9 Å². The van der Waals surface area contributed by atoms with Crippen molar-refractivity contribution < 1.29 is 9.32 Å². The number of rotatable bonds is 2. The Kier molecular flexibility index (Phi) is 4.27. The van der Waals surface area contributed by atoms with E-state index in [2.05, 4.69) is 10.1 Å². The number of aryl methyl sites for hydroxylation is 1. The smallest absolute Gasteiger partial charge is 0.276 e. The molecule has 5 nitrogen and oxygen atoms in total. The summed E-state index contributed by atoms with van der Waals surface area (Å²) in [5.74, 6) is 0.545. The van der Waals surface area contributed by atoms with Crippen molar-refractivity contribution in [3.8, 4) is 0 Å². The van der Waals surface area contributed by atoms with Gasteiger partial charge in [-0.25, -0.2) is 0 Å². The van der Waals surface area contributed by atoms with Crippen LogP contribution in [0.1, 0.15) is 16.2 Å². The van der Waals surface area contributed by atoms with Gasteiger partial charge in [0.2, 0.25) is 0 Å². The number of carbonyl (C=O) groups is 1. The van der Waals surface area contributed by atoms with Crippen LogP contribution >= 0.6 is 23.2 Å². The summed E-state index contributed by atoms with van der Waals surface area (Å²) in [4.78, 5) is 16.3. The van der Waals surface area contributed by atoms with Crippen LogP contribution < -0.4 is 4.90 Å². The van der Waals surface area contributed by atoms with Crippen molar-refractivity contribution in [2.45, 2.75) is 6.92 Å². The summed E-state index contributed by atoms with van der Waals surface area (Å²) in [6, 6.07) is 7.23. The van der Waals surface area contributed by atoms with Crippen LogP contribution in [0.4, 0.5) is 5.69 Å². The first-order valence-corrected chi connectivity index (χ1v) is 7.73. The Bertz CT molecular complexity index is 694. The molecule has 1 aromatic carbocycles. The number of benzene rings is 1. The Morgan fingerprint density at radius 1 is 1.14 bits per heavy atom. The molecule has 0 unspecified atom stereocenters. The molecular formula is C15H15Cl2N3O2. The van der Waals surface area contributed by atoms with E-state index in [1.54, 1.807) is 24.0 Å². The van der Waals surface area contributed by atoms with E-state index in [1.165, 1.54) is 0 Å². The number of amides is 1. The molecule has 22 heavy (non-hydrogen) atoms. The highest BCUT2D eigenvalue weighted by Crippen LogP contribution is 2.27. The van der Waals surface area contributed by atoms with E-state index in [0.29, 0.717) is 34.6 Å². The first-order valence-electron chi connectivity index (χ1n) is 6.97. The predicted molar refractivity (Wildman–Crippen MR) is 85.8 cm³/mol. The molecule has 7 heteroatoms. The lowest BCUT2D eigenvalue weighted by molar-refractivity contribution is 0.0736. The second-order valence-corrected chi connectivity index (χ2v) is 6.01. The summed E-state index contributed by atoms with van der Waals surface area (Å²) in [5.41, 5.74) is 1.37. The number of carbonyl (C=O) groups excluding carboxylic acids is 1. The van der Waals surface area contributed by atoms with Crippen molar-refractivity contribution in [3.63, 3.8) is 0 Å². The molecule has 116 valence electrons. The van der Waals surface area contributed by atoms with Crippen molar-refractivity contribution >= 4 is 34.8 Å². The standard InChI is InChI=1S/C15H15Cl2N3O2/c1-10-8-14(18-22-10)15(21)20-6-4-19(5-7-20)11-2-3-12(16)13(17)9-11/h2-3,8-9H,4-7H2,1H3. The normalized spacial score (nSPS) is 15.2. The van der Waals surface area contributed by atoms with Crippen LogP contribution in [0, 0.1) is 6.92 Å². The monoisotopic (exact) mass is 339 g/mol. The average Bonchev–Trinajstić information content (AvgIpc) is 2.96. The molecule has 0 radical (unpaired) electrons. The topological polar surface area (TPSA) is 49.6 Å². The van der Waals surface area contributed by atoms with Gasteiger partial charge in [-0.15, -0.1) is 0 Å². The second kappa shape index (κ2) is 6.18. The molecule has 1 amide bonds. The van der Waals surface area contributed by atoms with E-state index in [9.17, 15) is 4.79 Å². The lowest BCUT2D eigenvalue weighted by atomic mass is 10.2. The molecule has 1 aromatic heterocycles. The highest BCUT2D eigenvalue weighted by molar-refractivity contribution is 6.42. The SMILES string of the molecule is Cc1cc(C(=O)N2CCN(c3ccc(Cl)c(Cl)c3)CC2)no1. The summed E-state index contributed by atoms with van der Waals surface area (Å²) in [6.07, 6.45) is 0. The minimum absolute atomic E-state index is 0.0920. The van der Waals surface area contributed by atoms with Crippen molar-refractivity contribution in [3.05, 3.63) is 45.8 Å². The van der Waals surface area contributed by atoms with E-state index in [-0.39, 0.29) is 5.91 Å². The van der Waals surface area contributed by atoms with Gasteiger partial charge in [-0.1, -0.05) is 28.4 Å². The van der Waals surface area contributed by atoms with Crippen molar-refractivity contribution in [1.82, 2.24) is 10.1 Å². The molecule has 0 aliphatic carbocycles. The summed E-state index contributed by atoms with van der Waals surface area (Å²) < 4.78 is 4.96. The van der Waals surface area contributed by atoms with Gasteiger partial charge in [0.15, 0.2) is 5.69 Å². The molecule has 0 N–H and O–H groups in total. The number of halogens is 2. The van der Waals surface area contributed by atoms with Gasteiger partial charge in [-0.3, -0.25) is 4.79 Å². The van der Waals surface area contributed by atoms with Crippen LogP contribution in [0.25, 0.3) is 0 Å². The second-order valence-electron chi connectivity index (χ2n) is 5.20. The number of hydrogen-bond donors (Lipinski definition) is 0. The minimum atomic E-state index is -0.0920. The van der Waals surface area contributed by atoms with E-state index in [0.717, 1.165) is 18.8 Å². The summed E-state index contributed by atoms with van der Waals surface area (Å²) in [5, 5.41) is 4.86. The van der Waals surface area contributed by atoms with E-state index < -0.39 is 0 Å². The quantitative estimate of drug-likeness (QED) is 0.842. The fraction of sp³-hybridized carbons (Fsp3) is 0.333. The summed E-state index contributed by atoms with van der Waals surface area (Å²) in [7, 11) is 0. The Morgan fingerprint density at radius 2 is 1.86 bits per heavy atom. The van der Waals surface area contributed by atoms with E-state index in [1.807, 2.05) is 12.1 Å². The zero-order valence-electron chi connectivity index (χ0n) is 12.1. The van der Waals surface area contributed by atoms with Crippen molar-refractivity contribution in [2.75, 3.05) is 31.1 Å². The van der Waals surface area contributed by atoms with Gasteiger partial charge < -0.3 is 14.3 Å². The third-order valence-corrected chi connectivity index (χ3v) is 4.42. The number of anilines is 1. The number of piperazine rings is 1. The molecule has 0 bridgehead atoms. The van der Waals surface area contributed by atoms with Gasteiger partial charge in [0.1, 0.15) is 5.76 Å². The van der Waals surface area contributed by atoms with E-state index >= 15 is 0 Å². The van der Waals surface area contributed by atoms with Gasteiger partial charge >= 0.3 is 0 Å². The average molecular weight is 340 g/mol. The fourth-order valence-electron chi connectivity index (χ4n) is 2.48.